The highest BCUT2D eigenvalue weighted by molar-refractivity contribution is 6.06. The van der Waals surface area contributed by atoms with Crippen molar-refractivity contribution in [3.05, 3.63) is 46.5 Å². The Labute approximate surface area is 385 Å². The smallest absolute Gasteiger partial charge is 0.295 e. The Balaban J connectivity index is 0.000000247. The third kappa shape index (κ3) is 11.9. The van der Waals surface area contributed by atoms with Crippen molar-refractivity contribution in [3.63, 3.8) is 0 Å². The molecule has 2 fully saturated rings. The lowest BCUT2D eigenvalue weighted by Gasteiger charge is -2.40. The molecule has 2 aliphatic carbocycles. The third-order valence-electron chi connectivity index (χ3n) is 13.3. The number of hydrogen-bond acceptors (Lipinski definition) is 8. The van der Waals surface area contributed by atoms with Gasteiger partial charge >= 0.3 is 0 Å². The van der Waals surface area contributed by atoms with E-state index in [0.29, 0.717) is 59.9 Å². The molecule has 2 aromatic carbocycles. The van der Waals surface area contributed by atoms with Crippen molar-refractivity contribution in [2.75, 3.05) is 29.4 Å². The molecule has 2 saturated carbocycles. The van der Waals surface area contributed by atoms with Gasteiger partial charge in [0.15, 0.2) is 17.0 Å². The molecule has 65 heavy (non-hydrogen) atoms. The highest BCUT2D eigenvalue weighted by Gasteiger charge is 2.43. The largest absolute Gasteiger partial charge is 0.476 e. The summed E-state index contributed by atoms with van der Waals surface area (Å²) in [5.41, 5.74) is 7.70. The number of nitrogens with zero attached hydrogens (tertiary/aromatic N) is 4. The maximum absolute atomic E-state index is 13.8. The van der Waals surface area contributed by atoms with Crippen LogP contribution in [0.25, 0.3) is 0 Å². The Morgan fingerprint density at radius 3 is 1.40 bits per heavy atom. The van der Waals surface area contributed by atoms with E-state index in [1.165, 1.54) is 25.7 Å². The fraction of sp³-hybridized carbons (Fsp3) is 0.667. The molecule has 4 amide bonds. The van der Waals surface area contributed by atoms with E-state index in [2.05, 4.69) is 13.8 Å². The fourth-order valence-electron chi connectivity index (χ4n) is 9.90. The number of Topliss-reactive ketones (excluding diaryl/α,β-unsaturated/α-hetero) is 1. The Bertz CT molecular complexity index is 2040. The van der Waals surface area contributed by atoms with Crippen LogP contribution in [0.3, 0.4) is 0 Å². The molecule has 2 heterocycles. The predicted octanol–water partition coefficient (Wildman–Crippen LogP) is 9.72. The van der Waals surface area contributed by atoms with Crippen LogP contribution in [-0.4, -0.2) is 101 Å². The van der Waals surface area contributed by atoms with Crippen LogP contribution >= 0.6 is 0 Å². The number of ether oxygens (including phenoxy) is 2. The Morgan fingerprint density at radius 2 is 1.05 bits per heavy atom. The van der Waals surface area contributed by atoms with E-state index in [4.69, 9.17) is 15.2 Å². The minimum Gasteiger partial charge on any atom is -0.476 e. The zero-order valence-electron chi connectivity index (χ0n) is 40.7. The summed E-state index contributed by atoms with van der Waals surface area (Å²) in [6.45, 7) is 20.3. The van der Waals surface area contributed by atoms with E-state index in [-0.39, 0.29) is 67.2 Å². The molecule has 360 valence electrons. The van der Waals surface area contributed by atoms with E-state index in [1.54, 1.807) is 43.6 Å². The van der Waals surface area contributed by atoms with Gasteiger partial charge in [0.2, 0.25) is 0 Å². The Hall–Kier alpha value is -4.59. The predicted molar refractivity (Wildman–Crippen MR) is 251 cm³/mol. The van der Waals surface area contributed by atoms with Gasteiger partial charge < -0.3 is 34.8 Å². The van der Waals surface area contributed by atoms with Crippen LogP contribution in [0, 0.1) is 13.8 Å². The van der Waals surface area contributed by atoms with Crippen molar-refractivity contribution in [3.8, 4) is 11.5 Å². The number of ketones is 1. The van der Waals surface area contributed by atoms with Crippen LogP contribution in [-0.2, 0) is 14.4 Å². The molecule has 12 nitrogen and oxygen atoms in total. The summed E-state index contributed by atoms with van der Waals surface area (Å²) >= 11 is 0. The van der Waals surface area contributed by atoms with Crippen LogP contribution in [0.1, 0.15) is 177 Å². The second kappa shape index (κ2) is 21.8. The molecule has 0 spiro atoms. The zero-order valence-corrected chi connectivity index (χ0v) is 40.7. The first-order valence-corrected chi connectivity index (χ1v) is 24.1. The van der Waals surface area contributed by atoms with Gasteiger partial charge in [-0.05, 0) is 156 Å². The number of unbranched alkanes of at least 4 members (excludes halogenated alkanes) is 1. The van der Waals surface area contributed by atoms with Gasteiger partial charge in [0.25, 0.3) is 30.1 Å². The third-order valence-corrected chi connectivity index (χ3v) is 13.3. The molecule has 0 atom stereocenters. The lowest BCUT2D eigenvalue weighted by Crippen LogP contribution is -2.53. The van der Waals surface area contributed by atoms with Gasteiger partial charge in [-0.1, -0.05) is 38.5 Å². The molecule has 6 rings (SSSR count). The summed E-state index contributed by atoms with van der Waals surface area (Å²) in [5, 5.41) is 0. The first-order valence-electron chi connectivity index (χ1n) is 24.1. The number of carbonyl (C=O) groups excluding carboxylic acids is 5. The van der Waals surface area contributed by atoms with Crippen LogP contribution in [0.5, 0.6) is 11.5 Å². The molecule has 0 saturated heterocycles. The number of anilines is 2. The fourth-order valence-corrected chi connectivity index (χ4v) is 9.90. The van der Waals surface area contributed by atoms with Crippen LogP contribution < -0.4 is 25.0 Å². The lowest BCUT2D eigenvalue weighted by atomic mass is 9.92. The maximum atomic E-state index is 13.8. The number of benzene rings is 2. The zero-order chi connectivity index (χ0) is 48.0. The van der Waals surface area contributed by atoms with E-state index < -0.39 is 23.4 Å². The van der Waals surface area contributed by atoms with Gasteiger partial charge in [0.05, 0.1) is 11.4 Å². The molecule has 2 N–H and O–H groups in total. The van der Waals surface area contributed by atoms with Gasteiger partial charge in [-0.2, -0.15) is 0 Å². The number of nitrogens with two attached hydrogens (primary N) is 1. The summed E-state index contributed by atoms with van der Waals surface area (Å²) in [6, 6.07) is 7.97. The van der Waals surface area contributed by atoms with Crippen LogP contribution in [0.4, 0.5) is 20.2 Å². The molecule has 2 aromatic rings. The van der Waals surface area contributed by atoms with Gasteiger partial charge in [0, 0.05) is 54.8 Å². The van der Waals surface area contributed by atoms with E-state index in [9.17, 15) is 32.8 Å². The summed E-state index contributed by atoms with van der Waals surface area (Å²) in [7, 11) is 0. The Kier molecular flexibility index (Phi) is 17.2. The molecule has 0 radical (unpaired) electrons. The quantitative estimate of drug-likeness (QED) is 0.174. The number of alkyl halides is 2. The summed E-state index contributed by atoms with van der Waals surface area (Å²) in [6.07, 6.45) is 9.27. The summed E-state index contributed by atoms with van der Waals surface area (Å²) < 4.78 is 37.1. The van der Waals surface area contributed by atoms with Crippen molar-refractivity contribution >= 4 is 40.8 Å². The van der Waals surface area contributed by atoms with Gasteiger partial charge in [0.1, 0.15) is 11.5 Å². The summed E-state index contributed by atoms with van der Waals surface area (Å²) in [5.74, 6) is -0.279. The topological polar surface area (TPSA) is 143 Å². The Morgan fingerprint density at radius 1 is 0.662 bits per heavy atom. The van der Waals surface area contributed by atoms with Crippen molar-refractivity contribution in [1.29, 1.82) is 0 Å². The van der Waals surface area contributed by atoms with E-state index in [0.717, 1.165) is 49.7 Å². The number of fused-ring (bicyclic) bond motifs is 2. The number of amides is 4. The number of hydrogen-bond donors (Lipinski definition) is 1. The molecule has 2 aliphatic heterocycles. The minimum absolute atomic E-state index is 0.0429. The standard InChI is InChI=1S/C27H38F2N2O4.C24H37N3O3/c1-17(2)31(19-11-7-6-8-12-19)25(33)20-16-21-23(15-18(20)3)35-27(4,5)26(34)30(21)14-10-9-13-22(32)24(28)29;1-16(2)27(18-10-7-6-8-11-18)22(28)19-15-20-21(14-17(19)3)30-24(4,5)23(29)26(20)13-9-12-25/h15-17,19,24H,6-14H2,1-5H3;14-16,18H,6-13,25H2,1-5H3. The van der Waals surface area contributed by atoms with Crippen molar-refractivity contribution in [2.24, 2.45) is 5.73 Å². The van der Waals surface area contributed by atoms with Gasteiger partial charge in [-0.15, -0.1) is 0 Å². The molecule has 14 heteroatoms. The monoisotopic (exact) mass is 908 g/mol. The highest BCUT2D eigenvalue weighted by Crippen LogP contribution is 2.42. The number of halogens is 2. The summed E-state index contributed by atoms with van der Waals surface area (Å²) in [4.78, 5) is 72.3. The van der Waals surface area contributed by atoms with Crippen LogP contribution in [0.15, 0.2) is 24.3 Å². The second-order valence-corrected chi connectivity index (χ2v) is 20.0. The van der Waals surface area contributed by atoms with Crippen molar-refractivity contribution < 1.29 is 42.2 Å². The normalized spacial score (nSPS) is 18.4. The van der Waals surface area contributed by atoms with Crippen molar-refractivity contribution in [2.45, 2.75) is 201 Å². The number of aryl methyl sites for hydroxylation is 2. The number of rotatable bonds is 15. The maximum Gasteiger partial charge on any atom is 0.295 e. The lowest BCUT2D eigenvalue weighted by molar-refractivity contribution is -0.133. The molecule has 0 bridgehead atoms. The first kappa shape index (κ1) is 51.4. The second-order valence-electron chi connectivity index (χ2n) is 20.0. The number of carbonyl (C=O) groups is 5. The van der Waals surface area contributed by atoms with Crippen LogP contribution in [0.2, 0.25) is 0 Å². The van der Waals surface area contributed by atoms with E-state index >= 15 is 0 Å². The molecular formula is C51H75F2N5O7. The average molecular weight is 908 g/mol. The average Bonchev–Trinajstić information content (AvgIpc) is 3.24. The highest BCUT2D eigenvalue weighted by atomic mass is 19.3. The molecule has 4 aliphatic rings. The molecular weight excluding hydrogens is 833 g/mol. The SMILES string of the molecule is Cc1cc2c(cc1C(=O)N(C(C)C)C1CCCCC1)N(CCCCC(=O)C(F)F)C(=O)C(C)(C)O2.Cc1cc2c(cc1C(=O)N(C(C)C)C1CCCCC1)N(CCCN)C(=O)C(C)(C)O2. The first-order chi connectivity index (χ1) is 30.6. The molecule has 0 unspecified atom stereocenters. The van der Waals surface area contributed by atoms with Crippen molar-refractivity contribution in [1.82, 2.24) is 9.80 Å². The minimum atomic E-state index is -2.97. The van der Waals surface area contributed by atoms with E-state index in [1.807, 2.05) is 55.7 Å². The molecule has 0 aromatic heterocycles. The van der Waals surface area contributed by atoms with Gasteiger partial charge in [-0.3, -0.25) is 24.0 Å². The van der Waals surface area contributed by atoms with Gasteiger partial charge in [-0.25, -0.2) is 8.78 Å².